The number of carbonyl (C=O) groups excluding carboxylic acids is 1. The average Bonchev–Trinajstić information content (AvgIpc) is 2.71. The highest BCUT2D eigenvalue weighted by Gasteiger charge is 2.19. The molecule has 0 heterocycles. The Balaban J connectivity index is 2.22. The van der Waals surface area contributed by atoms with Crippen LogP contribution < -0.4 is 5.32 Å². The molecular formula is C22H38NO6P. The van der Waals surface area contributed by atoms with Crippen LogP contribution in [0.5, 0.6) is 0 Å². The second-order valence-electron chi connectivity index (χ2n) is 7.77. The predicted octanol–water partition coefficient (Wildman–Crippen LogP) is 3.89. The molecule has 1 aromatic carbocycles. The zero-order valence-electron chi connectivity index (χ0n) is 18.1. The molecule has 0 radical (unpaired) electrons. The minimum absolute atomic E-state index is 0.226. The summed E-state index contributed by atoms with van der Waals surface area (Å²) < 4.78 is 15.0. The summed E-state index contributed by atoms with van der Waals surface area (Å²) in [4.78, 5) is 29.4. The second-order valence-corrected chi connectivity index (χ2v) is 9.01. The van der Waals surface area contributed by atoms with Gasteiger partial charge in [0.2, 0.25) is 5.91 Å². The molecule has 0 spiro atoms. The van der Waals surface area contributed by atoms with E-state index in [0.717, 1.165) is 12.0 Å². The molecule has 0 aromatic heterocycles. The van der Waals surface area contributed by atoms with Crippen molar-refractivity contribution in [2.75, 3.05) is 13.2 Å². The van der Waals surface area contributed by atoms with Crippen molar-refractivity contribution < 1.29 is 28.8 Å². The van der Waals surface area contributed by atoms with E-state index in [4.69, 9.17) is 9.79 Å². The van der Waals surface area contributed by atoms with Gasteiger partial charge in [0.15, 0.2) is 0 Å². The standard InChI is InChI=1S/C22H38NO6P/c1-2-3-4-5-6-7-8-9-10-19-11-13-20(14-12-19)15-16-22(25)23-21(17-24)18-29-30(26,27)28/h11-14,21,24H,2-10,15-18H2,1H3,(H,23,25)(H2,26,27,28)/t21-/m1/s1. The van der Waals surface area contributed by atoms with Crippen molar-refractivity contribution in [1.29, 1.82) is 0 Å². The summed E-state index contributed by atoms with van der Waals surface area (Å²) in [7, 11) is -4.63. The molecule has 0 saturated carbocycles. The number of phosphoric acid groups is 1. The zero-order valence-corrected chi connectivity index (χ0v) is 19.0. The summed E-state index contributed by atoms with van der Waals surface area (Å²) in [6.45, 7) is 1.33. The number of aryl methyl sites for hydroxylation is 2. The van der Waals surface area contributed by atoms with Crippen LogP contribution in [0.25, 0.3) is 0 Å². The van der Waals surface area contributed by atoms with E-state index in [2.05, 4.69) is 28.9 Å². The van der Waals surface area contributed by atoms with E-state index in [1.54, 1.807) is 0 Å². The monoisotopic (exact) mass is 443 g/mol. The number of unbranched alkanes of at least 4 members (excludes halogenated alkanes) is 7. The molecule has 8 heteroatoms. The molecule has 1 rings (SSSR count). The summed E-state index contributed by atoms with van der Waals surface area (Å²) in [6, 6.07) is 7.44. The quantitative estimate of drug-likeness (QED) is 0.214. The highest BCUT2D eigenvalue weighted by molar-refractivity contribution is 7.46. The number of aliphatic hydroxyl groups excluding tert-OH is 1. The third-order valence-corrected chi connectivity index (χ3v) is 5.50. The number of phosphoric ester groups is 1. The van der Waals surface area contributed by atoms with E-state index in [1.807, 2.05) is 12.1 Å². The number of rotatable bonds is 17. The first kappa shape index (κ1) is 26.8. The number of hydrogen-bond donors (Lipinski definition) is 4. The first-order valence-corrected chi connectivity index (χ1v) is 12.5. The Morgan fingerprint density at radius 3 is 2.03 bits per heavy atom. The van der Waals surface area contributed by atoms with Crippen LogP contribution in [0.2, 0.25) is 0 Å². The number of amides is 1. The predicted molar refractivity (Wildman–Crippen MR) is 118 cm³/mol. The van der Waals surface area contributed by atoms with E-state index >= 15 is 0 Å². The molecule has 4 N–H and O–H groups in total. The van der Waals surface area contributed by atoms with Crippen LogP contribution in [0.3, 0.4) is 0 Å². The molecule has 172 valence electrons. The van der Waals surface area contributed by atoms with Gasteiger partial charge in [0.05, 0.1) is 19.3 Å². The van der Waals surface area contributed by atoms with Crippen LogP contribution in [0.4, 0.5) is 0 Å². The fraction of sp³-hybridized carbons (Fsp3) is 0.682. The van der Waals surface area contributed by atoms with E-state index in [9.17, 15) is 14.5 Å². The van der Waals surface area contributed by atoms with Crippen LogP contribution >= 0.6 is 7.82 Å². The maximum atomic E-state index is 12.0. The molecule has 0 fully saturated rings. The molecule has 0 unspecified atom stereocenters. The summed E-state index contributed by atoms with van der Waals surface area (Å²) in [5.74, 6) is -0.300. The fourth-order valence-electron chi connectivity index (χ4n) is 3.22. The Labute approximate surface area is 180 Å². The molecule has 7 nitrogen and oxygen atoms in total. The van der Waals surface area contributed by atoms with Gasteiger partial charge in [0, 0.05) is 6.42 Å². The van der Waals surface area contributed by atoms with Gasteiger partial charge in [-0.05, 0) is 30.4 Å². The van der Waals surface area contributed by atoms with Gasteiger partial charge < -0.3 is 20.2 Å². The van der Waals surface area contributed by atoms with Gasteiger partial charge in [0.1, 0.15) is 0 Å². The third kappa shape index (κ3) is 13.9. The van der Waals surface area contributed by atoms with Crippen molar-refractivity contribution in [2.24, 2.45) is 0 Å². The first-order valence-electron chi connectivity index (χ1n) is 11.0. The number of aliphatic hydroxyl groups is 1. The Hall–Kier alpha value is -1.24. The molecule has 0 saturated heterocycles. The molecule has 1 aromatic rings. The molecule has 0 aliphatic heterocycles. The van der Waals surface area contributed by atoms with Gasteiger partial charge in [-0.2, -0.15) is 0 Å². The highest BCUT2D eigenvalue weighted by atomic mass is 31.2. The average molecular weight is 444 g/mol. The maximum Gasteiger partial charge on any atom is 0.469 e. The largest absolute Gasteiger partial charge is 0.469 e. The van der Waals surface area contributed by atoms with E-state index in [0.29, 0.717) is 6.42 Å². The molecule has 1 atom stereocenters. The van der Waals surface area contributed by atoms with Crippen LogP contribution in [0.1, 0.15) is 75.8 Å². The molecule has 0 aliphatic carbocycles. The summed E-state index contributed by atoms with van der Waals surface area (Å²) in [5, 5.41) is 11.7. The van der Waals surface area contributed by atoms with Gasteiger partial charge in [-0.1, -0.05) is 76.1 Å². The van der Waals surface area contributed by atoms with Crippen LogP contribution in [-0.4, -0.2) is 40.1 Å². The first-order chi connectivity index (χ1) is 14.3. The fourth-order valence-corrected chi connectivity index (χ4v) is 3.59. The SMILES string of the molecule is CCCCCCCCCCc1ccc(CCC(=O)N[C@H](CO)COP(=O)(O)O)cc1. The third-order valence-electron chi connectivity index (χ3n) is 5.01. The van der Waals surface area contributed by atoms with Gasteiger partial charge >= 0.3 is 7.82 Å². The van der Waals surface area contributed by atoms with Gasteiger partial charge in [0.25, 0.3) is 0 Å². The van der Waals surface area contributed by atoms with Crippen molar-refractivity contribution in [1.82, 2.24) is 5.32 Å². The van der Waals surface area contributed by atoms with Gasteiger partial charge in [-0.3, -0.25) is 9.32 Å². The Bertz CT molecular complexity index is 631. The lowest BCUT2D eigenvalue weighted by atomic mass is 10.0. The lowest BCUT2D eigenvalue weighted by Gasteiger charge is -2.16. The summed E-state index contributed by atoms with van der Waals surface area (Å²) in [6.07, 6.45) is 12.3. The van der Waals surface area contributed by atoms with Crippen molar-refractivity contribution in [3.05, 3.63) is 35.4 Å². The molecule has 1 amide bonds. The van der Waals surface area contributed by atoms with E-state index in [-0.39, 0.29) is 12.3 Å². The number of benzene rings is 1. The minimum atomic E-state index is -4.63. The molecular weight excluding hydrogens is 405 g/mol. The normalized spacial score (nSPS) is 12.7. The number of carbonyl (C=O) groups is 1. The lowest BCUT2D eigenvalue weighted by Crippen LogP contribution is -2.40. The Morgan fingerprint density at radius 2 is 1.50 bits per heavy atom. The zero-order chi connectivity index (χ0) is 22.2. The minimum Gasteiger partial charge on any atom is -0.394 e. The Kier molecular flexibility index (Phi) is 13.9. The van der Waals surface area contributed by atoms with Crippen molar-refractivity contribution >= 4 is 13.7 Å². The van der Waals surface area contributed by atoms with Gasteiger partial charge in [-0.15, -0.1) is 0 Å². The lowest BCUT2D eigenvalue weighted by molar-refractivity contribution is -0.122. The van der Waals surface area contributed by atoms with Crippen LogP contribution in [0.15, 0.2) is 24.3 Å². The van der Waals surface area contributed by atoms with Crippen molar-refractivity contribution in [2.45, 2.75) is 83.6 Å². The highest BCUT2D eigenvalue weighted by Crippen LogP contribution is 2.35. The van der Waals surface area contributed by atoms with E-state index in [1.165, 1.54) is 56.9 Å². The van der Waals surface area contributed by atoms with Gasteiger partial charge in [-0.25, -0.2) is 4.57 Å². The van der Waals surface area contributed by atoms with Crippen molar-refractivity contribution in [3.8, 4) is 0 Å². The molecule has 0 aliphatic rings. The Morgan fingerprint density at radius 1 is 0.967 bits per heavy atom. The second kappa shape index (κ2) is 15.5. The van der Waals surface area contributed by atoms with Crippen molar-refractivity contribution in [3.63, 3.8) is 0 Å². The summed E-state index contributed by atoms with van der Waals surface area (Å²) in [5.41, 5.74) is 2.36. The number of hydrogen-bond acceptors (Lipinski definition) is 4. The smallest absolute Gasteiger partial charge is 0.394 e. The maximum absolute atomic E-state index is 12.0. The molecule has 0 bridgehead atoms. The molecule has 30 heavy (non-hydrogen) atoms. The van der Waals surface area contributed by atoms with E-state index < -0.39 is 27.1 Å². The topological polar surface area (TPSA) is 116 Å². The number of nitrogens with one attached hydrogen (secondary N) is 1. The van der Waals surface area contributed by atoms with Crippen LogP contribution in [-0.2, 0) is 26.7 Å². The summed E-state index contributed by atoms with van der Waals surface area (Å²) >= 11 is 0. The van der Waals surface area contributed by atoms with Crippen LogP contribution in [0, 0.1) is 0 Å².